The van der Waals surface area contributed by atoms with Gasteiger partial charge in [0.1, 0.15) is 0 Å². The molecule has 3 rings (SSSR count). The molecule has 2 unspecified atom stereocenters. The lowest BCUT2D eigenvalue weighted by atomic mass is 10.0. The van der Waals surface area contributed by atoms with Gasteiger partial charge in [0.05, 0.1) is 0 Å². The highest BCUT2D eigenvalue weighted by molar-refractivity contribution is 5.58. The third-order valence-corrected chi connectivity index (χ3v) is 4.85. The second-order valence-corrected chi connectivity index (χ2v) is 6.09. The maximum Gasteiger partial charge on any atom is 0.0386 e. The SMILES string of the molecule is CCC1CCCC1Nc1cccc(N2CCCC2)c1. The lowest BCUT2D eigenvalue weighted by Gasteiger charge is -2.23. The zero-order valence-corrected chi connectivity index (χ0v) is 12.1. The highest BCUT2D eigenvalue weighted by atomic mass is 15.1. The number of anilines is 2. The molecule has 1 aromatic rings. The van der Waals surface area contributed by atoms with E-state index in [-0.39, 0.29) is 0 Å². The molecule has 2 heteroatoms. The summed E-state index contributed by atoms with van der Waals surface area (Å²) in [6.45, 7) is 4.78. The number of nitrogens with one attached hydrogen (secondary N) is 1. The first kappa shape index (κ1) is 12.8. The van der Waals surface area contributed by atoms with Crippen LogP contribution in [0.1, 0.15) is 45.4 Å². The van der Waals surface area contributed by atoms with E-state index in [0.29, 0.717) is 6.04 Å². The van der Waals surface area contributed by atoms with E-state index in [4.69, 9.17) is 0 Å². The Labute approximate surface area is 117 Å². The first-order chi connectivity index (χ1) is 9.36. The zero-order chi connectivity index (χ0) is 13.1. The molecule has 104 valence electrons. The van der Waals surface area contributed by atoms with Crippen molar-refractivity contribution in [3.63, 3.8) is 0 Å². The first-order valence-electron chi connectivity index (χ1n) is 7.98. The van der Waals surface area contributed by atoms with E-state index in [1.54, 1.807) is 0 Å². The Hall–Kier alpha value is -1.18. The zero-order valence-electron chi connectivity index (χ0n) is 12.1. The summed E-state index contributed by atoms with van der Waals surface area (Å²) in [4.78, 5) is 2.51. The summed E-state index contributed by atoms with van der Waals surface area (Å²) in [7, 11) is 0. The van der Waals surface area contributed by atoms with E-state index < -0.39 is 0 Å². The van der Waals surface area contributed by atoms with Crippen molar-refractivity contribution in [2.45, 2.75) is 51.5 Å². The average molecular weight is 258 g/mol. The van der Waals surface area contributed by atoms with Crippen molar-refractivity contribution < 1.29 is 0 Å². The van der Waals surface area contributed by atoms with Gasteiger partial charge in [0, 0.05) is 30.5 Å². The predicted molar refractivity (Wildman–Crippen MR) is 82.9 cm³/mol. The Morgan fingerprint density at radius 1 is 1.16 bits per heavy atom. The number of nitrogens with zero attached hydrogens (tertiary/aromatic N) is 1. The topological polar surface area (TPSA) is 15.3 Å². The maximum absolute atomic E-state index is 3.78. The second-order valence-electron chi connectivity index (χ2n) is 6.09. The molecule has 2 atom stereocenters. The van der Waals surface area contributed by atoms with E-state index in [0.717, 1.165) is 5.92 Å². The molecule has 1 heterocycles. The molecule has 1 saturated carbocycles. The molecule has 2 nitrogen and oxygen atoms in total. The van der Waals surface area contributed by atoms with Gasteiger partial charge >= 0.3 is 0 Å². The molecule has 0 spiro atoms. The van der Waals surface area contributed by atoms with Crippen LogP contribution >= 0.6 is 0 Å². The van der Waals surface area contributed by atoms with Crippen LogP contribution in [-0.4, -0.2) is 19.1 Å². The largest absolute Gasteiger partial charge is 0.382 e. The molecule has 1 aromatic carbocycles. The molecule has 1 aliphatic heterocycles. The fourth-order valence-corrected chi connectivity index (χ4v) is 3.70. The van der Waals surface area contributed by atoms with E-state index in [1.807, 2.05) is 0 Å². The van der Waals surface area contributed by atoms with Crippen LogP contribution in [0.15, 0.2) is 24.3 Å². The first-order valence-corrected chi connectivity index (χ1v) is 7.98. The van der Waals surface area contributed by atoms with Crippen molar-refractivity contribution in [3.8, 4) is 0 Å². The van der Waals surface area contributed by atoms with Crippen molar-refractivity contribution in [1.82, 2.24) is 0 Å². The summed E-state index contributed by atoms with van der Waals surface area (Å²) in [6, 6.07) is 9.72. The van der Waals surface area contributed by atoms with Crippen molar-refractivity contribution in [2.24, 2.45) is 5.92 Å². The highest BCUT2D eigenvalue weighted by Crippen LogP contribution is 2.32. The van der Waals surface area contributed by atoms with E-state index in [2.05, 4.69) is 41.4 Å². The monoisotopic (exact) mass is 258 g/mol. The molecule has 0 radical (unpaired) electrons. The van der Waals surface area contributed by atoms with Crippen LogP contribution in [0.25, 0.3) is 0 Å². The summed E-state index contributed by atoms with van der Waals surface area (Å²) in [5.41, 5.74) is 2.71. The van der Waals surface area contributed by atoms with Gasteiger partial charge in [-0.3, -0.25) is 0 Å². The standard InChI is InChI=1S/C17H26N2/c1-2-14-7-5-10-17(14)18-15-8-6-9-16(13-15)19-11-3-4-12-19/h6,8-9,13-14,17-18H,2-5,7,10-12H2,1H3. The summed E-state index contributed by atoms with van der Waals surface area (Å²) in [5, 5.41) is 3.78. The molecule has 2 aliphatic rings. The normalized spacial score (nSPS) is 26.9. The molecule has 0 aromatic heterocycles. The third kappa shape index (κ3) is 2.88. The summed E-state index contributed by atoms with van der Waals surface area (Å²) in [5.74, 6) is 0.871. The quantitative estimate of drug-likeness (QED) is 0.867. The molecular weight excluding hydrogens is 232 g/mol. The van der Waals surface area contributed by atoms with Crippen molar-refractivity contribution >= 4 is 11.4 Å². The average Bonchev–Trinajstić information content (AvgIpc) is 3.10. The molecule has 0 bridgehead atoms. The van der Waals surface area contributed by atoms with Crippen molar-refractivity contribution in [1.29, 1.82) is 0 Å². The van der Waals surface area contributed by atoms with Crippen LogP contribution in [0, 0.1) is 5.92 Å². The second kappa shape index (κ2) is 5.85. The molecule has 1 N–H and O–H groups in total. The fraction of sp³-hybridized carbons (Fsp3) is 0.647. The van der Waals surface area contributed by atoms with Crippen LogP contribution in [0.3, 0.4) is 0 Å². The lowest BCUT2D eigenvalue weighted by molar-refractivity contribution is 0.489. The van der Waals surface area contributed by atoms with Gasteiger partial charge in [-0.1, -0.05) is 25.8 Å². The fourth-order valence-electron chi connectivity index (χ4n) is 3.70. The smallest absolute Gasteiger partial charge is 0.0386 e. The Bertz CT molecular complexity index is 409. The van der Waals surface area contributed by atoms with Crippen LogP contribution in [0.5, 0.6) is 0 Å². The maximum atomic E-state index is 3.78. The van der Waals surface area contributed by atoms with Crippen molar-refractivity contribution in [2.75, 3.05) is 23.3 Å². The van der Waals surface area contributed by atoms with Gasteiger partial charge in [-0.05, 0) is 49.8 Å². The van der Waals surface area contributed by atoms with Crippen LogP contribution in [0.4, 0.5) is 11.4 Å². The Morgan fingerprint density at radius 3 is 2.79 bits per heavy atom. The Morgan fingerprint density at radius 2 is 2.00 bits per heavy atom. The van der Waals surface area contributed by atoms with Crippen molar-refractivity contribution in [3.05, 3.63) is 24.3 Å². The summed E-state index contributed by atoms with van der Waals surface area (Å²) in [6.07, 6.45) is 8.13. The van der Waals surface area contributed by atoms with Gasteiger partial charge in [-0.2, -0.15) is 0 Å². The summed E-state index contributed by atoms with van der Waals surface area (Å²) < 4.78 is 0. The van der Waals surface area contributed by atoms with Crippen LogP contribution in [-0.2, 0) is 0 Å². The number of hydrogen-bond donors (Lipinski definition) is 1. The van der Waals surface area contributed by atoms with Gasteiger partial charge in [0.15, 0.2) is 0 Å². The molecule has 2 fully saturated rings. The third-order valence-electron chi connectivity index (χ3n) is 4.85. The van der Waals surface area contributed by atoms with E-state index in [9.17, 15) is 0 Å². The molecule has 1 saturated heterocycles. The van der Waals surface area contributed by atoms with E-state index >= 15 is 0 Å². The van der Waals surface area contributed by atoms with Gasteiger partial charge in [0.25, 0.3) is 0 Å². The predicted octanol–water partition coefficient (Wildman–Crippen LogP) is 4.28. The minimum Gasteiger partial charge on any atom is -0.382 e. The Kier molecular flexibility index (Phi) is 3.95. The van der Waals surface area contributed by atoms with Gasteiger partial charge in [-0.25, -0.2) is 0 Å². The molecule has 0 amide bonds. The molecular formula is C17H26N2. The van der Waals surface area contributed by atoms with Gasteiger partial charge in [-0.15, -0.1) is 0 Å². The highest BCUT2D eigenvalue weighted by Gasteiger charge is 2.25. The minimum atomic E-state index is 0.693. The van der Waals surface area contributed by atoms with E-state index in [1.165, 1.54) is 63.0 Å². The minimum absolute atomic E-state index is 0.693. The van der Waals surface area contributed by atoms with Gasteiger partial charge in [0.2, 0.25) is 0 Å². The summed E-state index contributed by atoms with van der Waals surface area (Å²) >= 11 is 0. The molecule has 1 aliphatic carbocycles. The van der Waals surface area contributed by atoms with Crippen LogP contribution < -0.4 is 10.2 Å². The van der Waals surface area contributed by atoms with Crippen LogP contribution in [0.2, 0.25) is 0 Å². The van der Waals surface area contributed by atoms with Gasteiger partial charge < -0.3 is 10.2 Å². The number of benzene rings is 1. The molecule has 19 heavy (non-hydrogen) atoms. The number of rotatable bonds is 4. The Balaban J connectivity index is 1.69. The number of hydrogen-bond acceptors (Lipinski definition) is 2. The lowest BCUT2D eigenvalue weighted by Crippen LogP contribution is -2.24.